The maximum Gasteiger partial charge on any atom is 0.321 e. The molecule has 11 nitrogen and oxygen atoms in total. The highest BCUT2D eigenvalue weighted by atomic mass is 32.1. The van der Waals surface area contributed by atoms with E-state index in [1.807, 2.05) is 38.1 Å². The monoisotopic (exact) mass is 589 g/mol. The lowest BCUT2D eigenvalue weighted by atomic mass is 9.74. The molecule has 1 aliphatic rings. The molecule has 1 aliphatic carbocycles. The fraction of sp³-hybridized carbons (Fsp3) is 0.400. The highest BCUT2D eigenvalue weighted by molar-refractivity contribution is 7.22. The van der Waals surface area contributed by atoms with Crippen LogP contribution < -0.4 is 16.0 Å². The molecule has 220 valence electrons. The van der Waals surface area contributed by atoms with E-state index in [2.05, 4.69) is 35.9 Å². The number of hydrogen-bond acceptors (Lipinski definition) is 9. The number of anilines is 2. The topological polar surface area (TPSA) is 162 Å². The third-order valence-electron chi connectivity index (χ3n) is 7.59. The van der Waals surface area contributed by atoms with Crippen LogP contribution in [0.4, 0.5) is 15.6 Å². The molecule has 4 aromatic rings. The predicted molar refractivity (Wildman–Crippen MR) is 163 cm³/mol. The first-order chi connectivity index (χ1) is 19.9. The quantitative estimate of drug-likeness (QED) is 0.175. The molecule has 0 saturated heterocycles. The van der Waals surface area contributed by atoms with Crippen LogP contribution in [0.1, 0.15) is 59.2 Å². The van der Waals surface area contributed by atoms with Crippen molar-refractivity contribution in [1.29, 1.82) is 0 Å². The number of carbonyl (C=O) groups excluding carboxylic acids is 1. The minimum atomic E-state index is -1.16. The van der Waals surface area contributed by atoms with Crippen molar-refractivity contribution in [3.63, 3.8) is 0 Å². The van der Waals surface area contributed by atoms with Crippen molar-refractivity contribution in [3.8, 4) is 22.4 Å². The molecule has 0 bridgehead atoms. The highest BCUT2D eigenvalue weighted by Crippen LogP contribution is 2.40. The Kier molecular flexibility index (Phi) is 8.11. The number of carboxylic acids is 1. The standard InChI is InChI=1S/C30H35N7O4S/c1-5-31-27(40)37-28-36-23-13-17(18-15-33-25(34-16-18)29(2,3)41)12-21(24(23)42-28)22-14-20(8-11-32-22)35-19-6-9-30(4,10-7-19)26(38)39/h8,11-16,19,41H,5-7,9-10H2,1-4H3,(H,32,35)(H,38,39)(H2,31,36,37,40). The van der Waals surface area contributed by atoms with Crippen LogP contribution in [0.25, 0.3) is 32.6 Å². The smallest absolute Gasteiger partial charge is 0.321 e. The summed E-state index contributed by atoms with van der Waals surface area (Å²) < 4.78 is 0.860. The van der Waals surface area contributed by atoms with Gasteiger partial charge < -0.3 is 20.8 Å². The Morgan fingerprint density at radius 3 is 2.45 bits per heavy atom. The molecule has 1 fully saturated rings. The average Bonchev–Trinajstić information content (AvgIpc) is 3.36. The van der Waals surface area contributed by atoms with Crippen molar-refractivity contribution in [2.24, 2.45) is 5.41 Å². The Labute approximate surface area is 247 Å². The van der Waals surface area contributed by atoms with Crippen LogP contribution in [0.3, 0.4) is 0 Å². The van der Waals surface area contributed by atoms with Gasteiger partial charge in [-0.25, -0.2) is 19.7 Å². The van der Waals surface area contributed by atoms with Gasteiger partial charge in [0.25, 0.3) is 0 Å². The summed E-state index contributed by atoms with van der Waals surface area (Å²) in [6.45, 7) is 7.43. The number of aromatic nitrogens is 4. The van der Waals surface area contributed by atoms with Crippen LogP contribution >= 0.6 is 11.3 Å². The maximum atomic E-state index is 12.2. The molecule has 5 rings (SSSR count). The molecule has 1 aromatic carbocycles. The Hall–Kier alpha value is -4.16. The van der Waals surface area contributed by atoms with Crippen LogP contribution in [0.15, 0.2) is 42.9 Å². The molecule has 0 unspecified atom stereocenters. The van der Waals surface area contributed by atoms with Gasteiger partial charge in [-0.3, -0.25) is 15.1 Å². The number of amides is 2. The van der Waals surface area contributed by atoms with E-state index in [9.17, 15) is 19.8 Å². The van der Waals surface area contributed by atoms with E-state index in [1.54, 1.807) is 32.4 Å². The summed E-state index contributed by atoms with van der Waals surface area (Å²) in [7, 11) is 0. The number of hydrogen-bond donors (Lipinski definition) is 5. The van der Waals surface area contributed by atoms with Crippen molar-refractivity contribution in [2.75, 3.05) is 17.2 Å². The van der Waals surface area contributed by atoms with E-state index in [-0.39, 0.29) is 12.1 Å². The first-order valence-electron chi connectivity index (χ1n) is 14.0. The lowest BCUT2D eigenvalue weighted by molar-refractivity contribution is -0.149. The first-order valence-corrected chi connectivity index (χ1v) is 14.8. The van der Waals surface area contributed by atoms with Crippen LogP contribution in [0, 0.1) is 5.41 Å². The Morgan fingerprint density at radius 2 is 1.81 bits per heavy atom. The van der Waals surface area contributed by atoms with E-state index in [4.69, 9.17) is 0 Å². The summed E-state index contributed by atoms with van der Waals surface area (Å²) in [4.78, 5) is 42.0. The van der Waals surface area contributed by atoms with Gasteiger partial charge in [-0.05, 0) is 83.2 Å². The van der Waals surface area contributed by atoms with Gasteiger partial charge in [0.05, 0.1) is 21.3 Å². The van der Waals surface area contributed by atoms with Gasteiger partial charge >= 0.3 is 12.0 Å². The van der Waals surface area contributed by atoms with Gasteiger partial charge in [-0.2, -0.15) is 0 Å². The number of pyridine rings is 1. The number of thiazole rings is 1. The number of aliphatic hydroxyl groups is 1. The Bertz CT molecular complexity index is 1610. The summed E-state index contributed by atoms with van der Waals surface area (Å²) in [5.41, 5.74) is 2.86. The minimum absolute atomic E-state index is 0.168. The average molecular weight is 590 g/mol. The number of aliphatic carboxylic acids is 1. The summed E-state index contributed by atoms with van der Waals surface area (Å²) in [5, 5.41) is 29.4. The fourth-order valence-electron chi connectivity index (χ4n) is 5.05. The number of carboxylic acid groups (broad SMARTS) is 1. The van der Waals surface area contributed by atoms with Crippen LogP contribution in [-0.2, 0) is 10.4 Å². The molecule has 3 heterocycles. The molecule has 12 heteroatoms. The first kappa shape index (κ1) is 29.3. The number of carbonyl (C=O) groups is 2. The van der Waals surface area contributed by atoms with Gasteiger partial charge in [-0.15, -0.1) is 0 Å². The normalized spacial score (nSPS) is 18.9. The zero-order chi connectivity index (χ0) is 30.1. The number of nitrogens with zero attached hydrogens (tertiary/aromatic N) is 4. The van der Waals surface area contributed by atoms with Crippen molar-refractivity contribution < 1.29 is 19.8 Å². The number of rotatable bonds is 8. The van der Waals surface area contributed by atoms with Gasteiger partial charge in [0.15, 0.2) is 11.0 Å². The van der Waals surface area contributed by atoms with Crippen molar-refractivity contribution in [1.82, 2.24) is 25.3 Å². The second kappa shape index (κ2) is 11.6. The van der Waals surface area contributed by atoms with Gasteiger partial charge in [0.2, 0.25) is 0 Å². The molecule has 42 heavy (non-hydrogen) atoms. The SMILES string of the molecule is CCNC(=O)Nc1nc2cc(-c3cnc(C(C)(C)O)nc3)cc(-c3cc(NC4CCC(C)(C(=O)O)CC4)ccn3)c2s1. The van der Waals surface area contributed by atoms with Crippen molar-refractivity contribution in [3.05, 3.63) is 48.7 Å². The van der Waals surface area contributed by atoms with Gasteiger partial charge in [0, 0.05) is 48.0 Å². The Morgan fingerprint density at radius 1 is 1.10 bits per heavy atom. The van der Waals surface area contributed by atoms with Crippen LogP contribution in [-0.4, -0.2) is 54.7 Å². The van der Waals surface area contributed by atoms with Crippen LogP contribution in [0.2, 0.25) is 0 Å². The zero-order valence-electron chi connectivity index (χ0n) is 24.1. The van der Waals surface area contributed by atoms with Crippen LogP contribution in [0.5, 0.6) is 0 Å². The van der Waals surface area contributed by atoms with Gasteiger partial charge in [0.1, 0.15) is 5.60 Å². The highest BCUT2D eigenvalue weighted by Gasteiger charge is 2.37. The lowest BCUT2D eigenvalue weighted by Crippen LogP contribution is -2.36. The number of benzene rings is 1. The molecule has 0 aliphatic heterocycles. The molecule has 0 radical (unpaired) electrons. The number of urea groups is 1. The molecular formula is C30H35N7O4S. The predicted octanol–water partition coefficient (Wildman–Crippen LogP) is 5.63. The lowest BCUT2D eigenvalue weighted by Gasteiger charge is -2.34. The zero-order valence-corrected chi connectivity index (χ0v) is 24.9. The van der Waals surface area contributed by atoms with Crippen molar-refractivity contribution >= 4 is 44.4 Å². The van der Waals surface area contributed by atoms with Crippen molar-refractivity contribution in [2.45, 2.75) is 65.0 Å². The van der Waals surface area contributed by atoms with E-state index in [0.717, 1.165) is 45.6 Å². The second-order valence-corrected chi connectivity index (χ2v) is 12.4. The summed E-state index contributed by atoms with van der Waals surface area (Å²) >= 11 is 1.36. The van der Waals surface area contributed by atoms with Gasteiger partial charge in [-0.1, -0.05) is 11.3 Å². The Balaban J connectivity index is 1.50. The summed E-state index contributed by atoms with van der Waals surface area (Å²) in [5.74, 6) is -0.414. The second-order valence-electron chi connectivity index (χ2n) is 11.4. The molecule has 1 saturated carbocycles. The summed E-state index contributed by atoms with van der Waals surface area (Å²) in [6.07, 6.45) is 7.87. The van der Waals surface area contributed by atoms with E-state index >= 15 is 0 Å². The summed E-state index contributed by atoms with van der Waals surface area (Å²) in [6, 6.07) is 7.65. The fourth-order valence-corrected chi connectivity index (χ4v) is 6.02. The van der Waals surface area contributed by atoms with E-state index in [0.29, 0.717) is 35.9 Å². The minimum Gasteiger partial charge on any atom is -0.481 e. The maximum absolute atomic E-state index is 12.2. The van der Waals surface area contributed by atoms with E-state index < -0.39 is 17.0 Å². The molecule has 0 spiro atoms. The number of fused-ring (bicyclic) bond motifs is 1. The molecule has 2 amide bonds. The third kappa shape index (κ3) is 6.34. The molecule has 5 N–H and O–H groups in total. The molecule has 3 aromatic heterocycles. The molecular weight excluding hydrogens is 554 g/mol. The largest absolute Gasteiger partial charge is 0.481 e. The number of nitrogens with one attached hydrogen (secondary N) is 3. The third-order valence-corrected chi connectivity index (χ3v) is 8.61. The molecule has 0 atom stereocenters. The van der Waals surface area contributed by atoms with E-state index in [1.165, 1.54) is 11.3 Å².